The fraction of sp³-hybridized carbons (Fsp3) is 0.385. The highest BCUT2D eigenvalue weighted by atomic mass is 127. The van der Waals surface area contributed by atoms with Crippen molar-refractivity contribution in [2.24, 2.45) is 10.7 Å². The van der Waals surface area contributed by atoms with E-state index >= 15 is 0 Å². The largest absolute Gasteiger partial charge is 0.495 e. The highest BCUT2D eigenvalue weighted by Crippen LogP contribution is 2.26. The van der Waals surface area contributed by atoms with E-state index < -0.39 is 0 Å². The van der Waals surface area contributed by atoms with E-state index in [4.69, 9.17) is 26.8 Å². The maximum atomic E-state index is 11.4. The van der Waals surface area contributed by atoms with Crippen molar-refractivity contribution >= 4 is 53.1 Å². The Morgan fingerprint density at radius 3 is 2.73 bits per heavy atom. The molecule has 0 heterocycles. The Morgan fingerprint density at radius 2 is 2.14 bits per heavy atom. The Bertz CT molecular complexity index is 514. The Balaban J connectivity index is 0.00000441. The molecule has 0 aliphatic rings. The monoisotopic (exact) mass is 442 g/mol. The lowest BCUT2D eigenvalue weighted by Crippen LogP contribution is -2.31. The number of amides is 1. The minimum Gasteiger partial charge on any atom is -0.495 e. The molecule has 0 atom stereocenters. The lowest BCUT2D eigenvalue weighted by atomic mass is 10.3. The average Bonchev–Trinajstić information content (AvgIpc) is 2.46. The number of nitrogens with zero attached hydrogens (tertiary/aromatic N) is 1. The molecule has 0 spiro atoms. The van der Waals surface area contributed by atoms with E-state index in [2.05, 4.69) is 15.6 Å². The van der Waals surface area contributed by atoms with Gasteiger partial charge in [0.2, 0.25) is 5.91 Å². The number of carbonyl (C=O) groups excluding carboxylic acids is 1. The van der Waals surface area contributed by atoms with Crippen molar-refractivity contribution in [3.8, 4) is 5.75 Å². The molecule has 1 aromatic rings. The molecular weight excluding hydrogens is 423 g/mol. The van der Waals surface area contributed by atoms with Gasteiger partial charge in [0.25, 0.3) is 0 Å². The zero-order valence-electron chi connectivity index (χ0n) is 12.4. The van der Waals surface area contributed by atoms with Crippen LogP contribution in [0.5, 0.6) is 5.75 Å². The van der Waals surface area contributed by atoms with Crippen LogP contribution < -0.4 is 21.1 Å². The van der Waals surface area contributed by atoms with Crippen LogP contribution in [0.4, 0.5) is 5.69 Å². The number of ether oxygens (including phenoxy) is 2. The van der Waals surface area contributed by atoms with Gasteiger partial charge < -0.3 is 25.8 Å². The van der Waals surface area contributed by atoms with Gasteiger partial charge in [0, 0.05) is 19.3 Å². The number of guanidine groups is 1. The Labute approximate surface area is 151 Å². The van der Waals surface area contributed by atoms with E-state index in [9.17, 15) is 4.79 Å². The minimum absolute atomic E-state index is 0. The number of nitrogens with one attached hydrogen (secondary N) is 2. The van der Waals surface area contributed by atoms with Crippen molar-refractivity contribution in [2.75, 3.05) is 39.2 Å². The summed E-state index contributed by atoms with van der Waals surface area (Å²) >= 11 is 5.99. The molecule has 0 bridgehead atoms. The predicted molar refractivity (Wildman–Crippen MR) is 98.4 cm³/mol. The number of benzene rings is 1. The van der Waals surface area contributed by atoms with E-state index in [1.807, 2.05) is 0 Å². The summed E-state index contributed by atoms with van der Waals surface area (Å²) in [7, 11) is 3.10. The first-order valence-corrected chi connectivity index (χ1v) is 6.60. The molecule has 9 heteroatoms. The van der Waals surface area contributed by atoms with Gasteiger partial charge in [-0.05, 0) is 18.2 Å². The molecule has 0 aromatic heterocycles. The van der Waals surface area contributed by atoms with Gasteiger partial charge in [0.05, 0.1) is 18.7 Å². The van der Waals surface area contributed by atoms with Crippen LogP contribution in [0.2, 0.25) is 5.02 Å². The van der Waals surface area contributed by atoms with Gasteiger partial charge in [-0.25, -0.2) is 4.99 Å². The molecule has 0 fully saturated rings. The summed E-state index contributed by atoms with van der Waals surface area (Å²) in [4.78, 5) is 15.3. The summed E-state index contributed by atoms with van der Waals surface area (Å²) in [6.07, 6.45) is 0. The van der Waals surface area contributed by atoms with E-state index in [-0.39, 0.29) is 42.4 Å². The molecule has 0 saturated carbocycles. The number of hydrogen-bond donors (Lipinski definition) is 3. The van der Waals surface area contributed by atoms with Crippen molar-refractivity contribution in [1.29, 1.82) is 0 Å². The van der Waals surface area contributed by atoms with Crippen LogP contribution in [-0.4, -0.2) is 45.8 Å². The van der Waals surface area contributed by atoms with Crippen LogP contribution >= 0.6 is 35.6 Å². The van der Waals surface area contributed by atoms with Gasteiger partial charge >= 0.3 is 0 Å². The summed E-state index contributed by atoms with van der Waals surface area (Å²) in [5.74, 6) is 0.456. The van der Waals surface area contributed by atoms with Crippen molar-refractivity contribution < 1.29 is 14.3 Å². The van der Waals surface area contributed by atoms with Gasteiger partial charge in [-0.2, -0.15) is 0 Å². The summed E-state index contributed by atoms with van der Waals surface area (Å²) in [5, 5.41) is 5.93. The third-order valence-corrected chi connectivity index (χ3v) is 2.74. The predicted octanol–water partition coefficient (Wildman–Crippen LogP) is 1.46. The molecule has 1 amide bonds. The van der Waals surface area contributed by atoms with Gasteiger partial charge in [-0.1, -0.05) is 11.6 Å². The number of nitrogens with two attached hydrogens (primary N) is 1. The molecule has 124 valence electrons. The van der Waals surface area contributed by atoms with Crippen molar-refractivity contribution in [2.45, 2.75) is 0 Å². The third-order valence-electron chi connectivity index (χ3n) is 2.45. The van der Waals surface area contributed by atoms with Crippen molar-refractivity contribution in [3.63, 3.8) is 0 Å². The van der Waals surface area contributed by atoms with Crippen LogP contribution in [0.15, 0.2) is 23.2 Å². The van der Waals surface area contributed by atoms with Crippen LogP contribution in [0.25, 0.3) is 0 Å². The van der Waals surface area contributed by atoms with Gasteiger partial charge in [0.15, 0.2) is 5.96 Å². The zero-order chi connectivity index (χ0) is 15.7. The Hall–Kier alpha value is -1.26. The highest BCUT2D eigenvalue weighted by Gasteiger charge is 2.03. The summed E-state index contributed by atoms with van der Waals surface area (Å²) < 4.78 is 9.86. The second-order valence-electron chi connectivity index (χ2n) is 4.02. The molecule has 1 rings (SSSR count). The number of hydrogen-bond acceptors (Lipinski definition) is 4. The van der Waals surface area contributed by atoms with E-state index in [0.717, 1.165) is 0 Å². The molecular formula is C13H20ClIN4O3. The van der Waals surface area contributed by atoms with E-state index in [1.54, 1.807) is 25.3 Å². The molecule has 22 heavy (non-hydrogen) atoms. The number of rotatable bonds is 7. The minimum atomic E-state index is -0.232. The van der Waals surface area contributed by atoms with Crippen LogP contribution in [-0.2, 0) is 9.53 Å². The zero-order valence-corrected chi connectivity index (χ0v) is 15.5. The van der Waals surface area contributed by atoms with E-state index in [0.29, 0.717) is 29.6 Å². The SMILES string of the molecule is COCCNC(=O)CN=C(N)Nc1ccc(OC)c(Cl)c1.I. The number of carbonyl (C=O) groups is 1. The molecule has 0 unspecified atom stereocenters. The number of aliphatic imine (C=N–C) groups is 1. The molecule has 0 radical (unpaired) electrons. The van der Waals surface area contributed by atoms with Gasteiger partial charge in [-0.3, -0.25) is 4.79 Å². The van der Waals surface area contributed by atoms with E-state index in [1.165, 1.54) is 7.11 Å². The normalized spacial score (nSPS) is 10.6. The van der Waals surface area contributed by atoms with Crippen molar-refractivity contribution in [1.82, 2.24) is 5.32 Å². The summed E-state index contributed by atoms with van der Waals surface area (Å²) in [5.41, 5.74) is 6.34. The topological polar surface area (TPSA) is 98.0 Å². The molecule has 0 saturated heterocycles. The summed E-state index contributed by atoms with van der Waals surface area (Å²) in [6, 6.07) is 5.10. The molecule has 0 aliphatic carbocycles. The first kappa shape index (κ1) is 20.7. The Kier molecular flexibility index (Phi) is 10.7. The second-order valence-corrected chi connectivity index (χ2v) is 4.43. The highest BCUT2D eigenvalue weighted by molar-refractivity contribution is 14.0. The van der Waals surface area contributed by atoms with Crippen molar-refractivity contribution in [3.05, 3.63) is 23.2 Å². The van der Waals surface area contributed by atoms with Crippen LogP contribution in [0.3, 0.4) is 0 Å². The lowest BCUT2D eigenvalue weighted by Gasteiger charge is -2.08. The Morgan fingerprint density at radius 1 is 1.41 bits per heavy atom. The lowest BCUT2D eigenvalue weighted by molar-refractivity contribution is -0.119. The first-order chi connectivity index (χ1) is 10.1. The molecule has 1 aromatic carbocycles. The number of methoxy groups -OCH3 is 2. The van der Waals surface area contributed by atoms with Crippen LogP contribution in [0.1, 0.15) is 0 Å². The molecule has 4 N–H and O–H groups in total. The maximum absolute atomic E-state index is 11.4. The fourth-order valence-electron chi connectivity index (χ4n) is 1.44. The quantitative estimate of drug-likeness (QED) is 0.257. The van der Waals surface area contributed by atoms with Gasteiger partial charge in [-0.15, -0.1) is 24.0 Å². The standard InChI is InChI=1S/C13H19ClN4O3.HI/c1-20-6-5-16-12(19)8-17-13(15)18-9-3-4-11(21-2)10(14)7-9;/h3-4,7H,5-6,8H2,1-2H3,(H,16,19)(H3,15,17,18);1H. The number of halogens is 2. The van der Waals surface area contributed by atoms with Crippen LogP contribution in [0, 0.1) is 0 Å². The molecule has 7 nitrogen and oxygen atoms in total. The number of anilines is 1. The third kappa shape index (κ3) is 7.66. The fourth-order valence-corrected chi connectivity index (χ4v) is 1.69. The second kappa shape index (κ2) is 11.3. The average molecular weight is 443 g/mol. The smallest absolute Gasteiger partial charge is 0.241 e. The first-order valence-electron chi connectivity index (χ1n) is 6.23. The molecule has 0 aliphatic heterocycles. The van der Waals surface area contributed by atoms with Gasteiger partial charge in [0.1, 0.15) is 12.3 Å². The maximum Gasteiger partial charge on any atom is 0.241 e. The summed E-state index contributed by atoms with van der Waals surface area (Å²) in [6.45, 7) is 0.826.